The van der Waals surface area contributed by atoms with Crippen LogP contribution in [0.2, 0.25) is 0 Å². The van der Waals surface area contributed by atoms with Crippen LogP contribution in [0.3, 0.4) is 0 Å². The fourth-order valence-electron chi connectivity index (χ4n) is 3.00. The third-order valence-electron chi connectivity index (χ3n) is 4.69. The first-order valence-electron chi connectivity index (χ1n) is 9.23. The Balaban J connectivity index is 1.75. The van der Waals surface area contributed by atoms with E-state index in [2.05, 4.69) is 31.1 Å². The number of aromatic nitrogens is 1. The van der Waals surface area contributed by atoms with Crippen LogP contribution in [0.1, 0.15) is 42.4 Å². The zero-order chi connectivity index (χ0) is 20.3. The Hall–Kier alpha value is -3.21. The maximum atomic E-state index is 12.5. The highest BCUT2D eigenvalue weighted by Gasteiger charge is 2.22. The molecule has 5 nitrogen and oxygen atoms in total. The molecule has 0 unspecified atom stereocenters. The molecule has 1 amide bonds. The Labute approximate surface area is 164 Å². The summed E-state index contributed by atoms with van der Waals surface area (Å²) in [6.07, 6.45) is 0.207. The van der Waals surface area contributed by atoms with Crippen LogP contribution in [0.25, 0.3) is 10.9 Å². The molecule has 2 N–H and O–H groups in total. The van der Waals surface area contributed by atoms with Crippen molar-refractivity contribution in [1.29, 1.82) is 0 Å². The van der Waals surface area contributed by atoms with Gasteiger partial charge in [0.1, 0.15) is 11.7 Å². The molecule has 0 aliphatic rings. The van der Waals surface area contributed by atoms with Gasteiger partial charge in [-0.2, -0.15) is 0 Å². The molecule has 1 atom stereocenters. The smallest absolute Gasteiger partial charge is 0.326 e. The van der Waals surface area contributed by atoms with Crippen molar-refractivity contribution < 1.29 is 14.7 Å². The van der Waals surface area contributed by atoms with E-state index in [9.17, 15) is 14.7 Å². The van der Waals surface area contributed by atoms with Gasteiger partial charge < -0.3 is 10.4 Å². The molecular weight excluding hydrogens is 352 g/mol. The van der Waals surface area contributed by atoms with Crippen molar-refractivity contribution >= 4 is 22.8 Å². The minimum atomic E-state index is -1.07. The van der Waals surface area contributed by atoms with Gasteiger partial charge in [-0.05, 0) is 28.7 Å². The van der Waals surface area contributed by atoms with Gasteiger partial charge in [0.25, 0.3) is 5.91 Å². The van der Waals surface area contributed by atoms with Crippen molar-refractivity contribution in [3.05, 3.63) is 77.5 Å². The molecule has 3 rings (SSSR count). The van der Waals surface area contributed by atoms with E-state index in [0.29, 0.717) is 5.52 Å². The van der Waals surface area contributed by atoms with Crippen LogP contribution in [0.5, 0.6) is 0 Å². The fourth-order valence-corrected chi connectivity index (χ4v) is 3.00. The van der Waals surface area contributed by atoms with E-state index in [0.717, 1.165) is 10.9 Å². The number of benzene rings is 2. The molecule has 0 spiro atoms. The molecule has 2 aromatic carbocycles. The third-order valence-corrected chi connectivity index (χ3v) is 4.69. The number of carbonyl (C=O) groups is 2. The number of amides is 1. The Bertz CT molecular complexity index is 1000. The maximum Gasteiger partial charge on any atom is 0.326 e. The molecule has 5 heteroatoms. The van der Waals surface area contributed by atoms with Crippen LogP contribution in [-0.2, 0) is 16.6 Å². The number of para-hydroxylation sites is 1. The number of carboxylic acids is 1. The molecule has 0 aliphatic heterocycles. The van der Waals surface area contributed by atoms with Gasteiger partial charge in [-0.25, -0.2) is 9.78 Å². The zero-order valence-corrected chi connectivity index (χ0v) is 16.3. The van der Waals surface area contributed by atoms with Gasteiger partial charge in [-0.1, -0.05) is 69.3 Å². The summed E-state index contributed by atoms with van der Waals surface area (Å²) >= 11 is 0. The highest BCUT2D eigenvalue weighted by molar-refractivity contribution is 5.97. The lowest BCUT2D eigenvalue weighted by Crippen LogP contribution is -2.42. The van der Waals surface area contributed by atoms with Crippen molar-refractivity contribution in [2.75, 3.05) is 0 Å². The molecule has 1 aromatic heterocycles. The van der Waals surface area contributed by atoms with E-state index in [1.54, 1.807) is 12.1 Å². The molecule has 0 saturated carbocycles. The van der Waals surface area contributed by atoms with E-state index in [1.165, 1.54) is 5.56 Å². The summed E-state index contributed by atoms with van der Waals surface area (Å²) in [6, 6.07) is 17.7. The molecule has 0 bridgehead atoms. The Morgan fingerprint density at radius 3 is 2.32 bits per heavy atom. The van der Waals surface area contributed by atoms with Crippen molar-refractivity contribution in [1.82, 2.24) is 10.3 Å². The topological polar surface area (TPSA) is 79.3 Å². The van der Waals surface area contributed by atoms with Crippen LogP contribution < -0.4 is 5.32 Å². The van der Waals surface area contributed by atoms with Gasteiger partial charge >= 0.3 is 5.97 Å². The summed E-state index contributed by atoms with van der Waals surface area (Å²) in [4.78, 5) is 28.5. The monoisotopic (exact) mass is 376 g/mol. The predicted octanol–water partition coefficient (Wildman–Crippen LogP) is 3.96. The molecule has 0 saturated heterocycles. The average molecular weight is 376 g/mol. The molecule has 1 heterocycles. The van der Waals surface area contributed by atoms with Gasteiger partial charge in [0.05, 0.1) is 5.52 Å². The lowest BCUT2D eigenvalue weighted by Gasteiger charge is -2.20. The second kappa shape index (κ2) is 7.80. The summed E-state index contributed by atoms with van der Waals surface area (Å²) < 4.78 is 0. The lowest BCUT2D eigenvalue weighted by atomic mass is 9.86. The van der Waals surface area contributed by atoms with Crippen LogP contribution in [-0.4, -0.2) is 28.0 Å². The first kappa shape index (κ1) is 19.5. The Kier molecular flexibility index (Phi) is 5.45. The van der Waals surface area contributed by atoms with Crippen molar-refractivity contribution in [3.63, 3.8) is 0 Å². The maximum absolute atomic E-state index is 12.5. The SMILES string of the molecule is CC(C)(C)c1ccc(C[C@@H](NC(=O)c2ccc3ccccc3n2)C(=O)O)cc1. The number of carbonyl (C=O) groups excluding carboxylic acids is 1. The van der Waals surface area contributed by atoms with E-state index in [4.69, 9.17) is 0 Å². The first-order chi connectivity index (χ1) is 13.2. The van der Waals surface area contributed by atoms with Crippen molar-refractivity contribution in [2.24, 2.45) is 0 Å². The number of carboxylic acid groups (broad SMARTS) is 1. The summed E-state index contributed by atoms with van der Waals surface area (Å²) in [5, 5.41) is 13.1. The Morgan fingerprint density at radius 2 is 1.68 bits per heavy atom. The lowest BCUT2D eigenvalue weighted by molar-refractivity contribution is -0.139. The van der Waals surface area contributed by atoms with Crippen molar-refractivity contribution in [2.45, 2.75) is 38.6 Å². The number of aliphatic carboxylic acids is 1. The van der Waals surface area contributed by atoms with Crippen molar-refractivity contribution in [3.8, 4) is 0 Å². The summed E-state index contributed by atoms with van der Waals surface area (Å²) in [5.74, 6) is -1.57. The summed E-state index contributed by atoms with van der Waals surface area (Å²) in [7, 11) is 0. The standard InChI is InChI=1S/C23H24N2O3/c1-23(2,3)17-11-8-15(9-12-17)14-20(22(27)28)25-21(26)19-13-10-16-6-4-5-7-18(16)24-19/h4-13,20H,14H2,1-3H3,(H,25,26)(H,27,28)/t20-/m1/s1. The highest BCUT2D eigenvalue weighted by Crippen LogP contribution is 2.22. The highest BCUT2D eigenvalue weighted by atomic mass is 16.4. The van der Waals surface area contributed by atoms with Crippen LogP contribution >= 0.6 is 0 Å². The van der Waals surface area contributed by atoms with E-state index in [1.807, 2.05) is 48.5 Å². The summed E-state index contributed by atoms with van der Waals surface area (Å²) in [6.45, 7) is 6.37. The van der Waals surface area contributed by atoms with Gasteiger partial charge in [-0.15, -0.1) is 0 Å². The number of nitrogens with zero attached hydrogens (tertiary/aromatic N) is 1. The summed E-state index contributed by atoms with van der Waals surface area (Å²) in [5.41, 5.74) is 2.95. The predicted molar refractivity (Wildman–Crippen MR) is 109 cm³/mol. The van der Waals surface area contributed by atoms with E-state index < -0.39 is 17.9 Å². The molecule has 0 radical (unpaired) electrons. The van der Waals surface area contributed by atoms with E-state index >= 15 is 0 Å². The van der Waals surface area contributed by atoms with Gasteiger partial charge in [0, 0.05) is 11.8 Å². The van der Waals surface area contributed by atoms with Crippen LogP contribution in [0.15, 0.2) is 60.7 Å². The Morgan fingerprint density at radius 1 is 1.00 bits per heavy atom. The first-order valence-corrected chi connectivity index (χ1v) is 9.23. The number of rotatable bonds is 5. The molecular formula is C23H24N2O3. The van der Waals surface area contributed by atoms with E-state index in [-0.39, 0.29) is 17.5 Å². The second-order valence-corrected chi connectivity index (χ2v) is 7.90. The minimum Gasteiger partial charge on any atom is -0.480 e. The van der Waals surface area contributed by atoms with Gasteiger partial charge in [0.2, 0.25) is 0 Å². The van der Waals surface area contributed by atoms with Gasteiger partial charge in [0.15, 0.2) is 0 Å². The zero-order valence-electron chi connectivity index (χ0n) is 16.3. The third kappa shape index (κ3) is 4.55. The number of nitrogens with one attached hydrogen (secondary N) is 1. The van der Waals surface area contributed by atoms with Crippen LogP contribution in [0, 0.1) is 0 Å². The number of fused-ring (bicyclic) bond motifs is 1. The molecule has 3 aromatic rings. The molecule has 0 fully saturated rings. The second-order valence-electron chi connectivity index (χ2n) is 7.90. The van der Waals surface area contributed by atoms with Gasteiger partial charge in [-0.3, -0.25) is 4.79 Å². The number of hydrogen-bond donors (Lipinski definition) is 2. The average Bonchev–Trinajstić information content (AvgIpc) is 2.66. The molecule has 28 heavy (non-hydrogen) atoms. The largest absolute Gasteiger partial charge is 0.480 e. The molecule has 144 valence electrons. The molecule has 0 aliphatic carbocycles. The fraction of sp³-hybridized carbons (Fsp3) is 0.261. The number of pyridine rings is 1. The quantitative estimate of drug-likeness (QED) is 0.706. The minimum absolute atomic E-state index is 0.0285. The van der Waals surface area contributed by atoms with Crippen LogP contribution in [0.4, 0.5) is 0 Å². The number of hydrogen-bond acceptors (Lipinski definition) is 3. The normalized spacial score (nSPS) is 12.5.